The number of hydrogen-bond donors (Lipinski definition) is 3. The summed E-state index contributed by atoms with van der Waals surface area (Å²) in [6.07, 6.45) is 0.685. The van der Waals surface area contributed by atoms with Gasteiger partial charge in [0.15, 0.2) is 0 Å². The van der Waals surface area contributed by atoms with Gasteiger partial charge in [-0.2, -0.15) is 0 Å². The van der Waals surface area contributed by atoms with Gasteiger partial charge >= 0.3 is 12.0 Å². The lowest BCUT2D eigenvalue weighted by molar-refractivity contribution is -0.139. The molecule has 0 spiro atoms. The van der Waals surface area contributed by atoms with Gasteiger partial charge in [0, 0.05) is 19.6 Å². The van der Waals surface area contributed by atoms with Crippen LogP contribution in [0.25, 0.3) is 0 Å². The molecule has 2 unspecified atom stereocenters. The average Bonchev–Trinajstić information content (AvgIpc) is 2.37. The van der Waals surface area contributed by atoms with Crippen LogP contribution in [0.1, 0.15) is 26.7 Å². The van der Waals surface area contributed by atoms with E-state index in [1.807, 2.05) is 13.8 Å². The van der Waals surface area contributed by atoms with Gasteiger partial charge in [-0.25, -0.2) is 9.59 Å². The average molecular weight is 274 g/mol. The number of aliphatic carboxylic acids is 1. The van der Waals surface area contributed by atoms with E-state index in [1.165, 1.54) is 0 Å². The van der Waals surface area contributed by atoms with E-state index in [0.29, 0.717) is 13.2 Å². The first-order chi connectivity index (χ1) is 8.99. The Kier molecular flexibility index (Phi) is 6.04. The lowest BCUT2D eigenvalue weighted by Crippen LogP contribution is -2.57. The third kappa shape index (κ3) is 4.36. The Hall–Kier alpha value is -1.34. The minimum atomic E-state index is -1.14. The van der Waals surface area contributed by atoms with E-state index in [4.69, 9.17) is 14.9 Å². The van der Waals surface area contributed by atoms with Gasteiger partial charge in [-0.1, -0.05) is 6.92 Å². The molecule has 19 heavy (non-hydrogen) atoms. The zero-order chi connectivity index (χ0) is 14.4. The predicted octanol–water partition coefficient (Wildman–Crippen LogP) is 0.0309. The van der Waals surface area contributed by atoms with Crippen LogP contribution in [-0.4, -0.2) is 65.1 Å². The third-order valence-corrected chi connectivity index (χ3v) is 3.21. The van der Waals surface area contributed by atoms with Crippen molar-refractivity contribution < 1.29 is 24.5 Å². The molecule has 1 heterocycles. The second-order valence-electron chi connectivity index (χ2n) is 4.71. The van der Waals surface area contributed by atoms with E-state index >= 15 is 0 Å². The van der Waals surface area contributed by atoms with Crippen LogP contribution in [0.15, 0.2) is 0 Å². The predicted molar refractivity (Wildman–Crippen MR) is 67.9 cm³/mol. The van der Waals surface area contributed by atoms with Gasteiger partial charge in [-0.05, 0) is 13.3 Å². The van der Waals surface area contributed by atoms with Crippen molar-refractivity contribution in [3.63, 3.8) is 0 Å². The van der Waals surface area contributed by atoms with Gasteiger partial charge in [0.1, 0.15) is 6.04 Å². The second kappa shape index (κ2) is 7.30. The molecule has 1 saturated heterocycles. The SMILES string of the molecule is CCC1COC(C)CN1C(=O)N[C@H](CCO)C(=O)O. The summed E-state index contributed by atoms with van der Waals surface area (Å²) in [5.74, 6) is -1.14. The van der Waals surface area contributed by atoms with Crippen LogP contribution < -0.4 is 5.32 Å². The molecule has 2 amide bonds. The smallest absolute Gasteiger partial charge is 0.326 e. The fourth-order valence-electron chi connectivity index (χ4n) is 2.05. The lowest BCUT2D eigenvalue weighted by Gasteiger charge is -2.38. The van der Waals surface area contributed by atoms with Crippen LogP contribution in [0.2, 0.25) is 0 Å². The Bertz CT molecular complexity index is 323. The number of aliphatic hydroxyl groups excluding tert-OH is 1. The molecule has 0 aromatic heterocycles. The van der Waals surface area contributed by atoms with Gasteiger partial charge in [0.2, 0.25) is 0 Å². The number of morpholine rings is 1. The Morgan fingerprint density at radius 2 is 2.21 bits per heavy atom. The first-order valence-electron chi connectivity index (χ1n) is 6.52. The maximum atomic E-state index is 12.1. The Morgan fingerprint density at radius 1 is 1.53 bits per heavy atom. The minimum absolute atomic E-state index is 0.00222. The van der Waals surface area contributed by atoms with E-state index in [2.05, 4.69) is 5.32 Å². The maximum absolute atomic E-state index is 12.1. The highest BCUT2D eigenvalue weighted by Crippen LogP contribution is 2.14. The number of carboxylic acid groups (broad SMARTS) is 1. The summed E-state index contributed by atoms with van der Waals surface area (Å²) < 4.78 is 5.48. The summed E-state index contributed by atoms with van der Waals surface area (Å²) in [5.41, 5.74) is 0. The van der Waals surface area contributed by atoms with E-state index in [0.717, 1.165) is 6.42 Å². The molecular weight excluding hydrogens is 252 g/mol. The first-order valence-corrected chi connectivity index (χ1v) is 6.52. The molecule has 3 atom stereocenters. The molecule has 7 heteroatoms. The van der Waals surface area contributed by atoms with Gasteiger partial charge in [-0.15, -0.1) is 0 Å². The molecular formula is C12H22N2O5. The van der Waals surface area contributed by atoms with Crippen molar-refractivity contribution in [1.29, 1.82) is 0 Å². The fourth-order valence-corrected chi connectivity index (χ4v) is 2.05. The molecule has 0 aromatic carbocycles. The van der Waals surface area contributed by atoms with Gasteiger partial charge < -0.3 is 25.2 Å². The standard InChI is InChI=1S/C12H22N2O5/c1-3-9-7-19-8(2)6-14(9)12(18)13-10(4-5-15)11(16)17/h8-10,15H,3-7H2,1-2H3,(H,13,18)(H,16,17)/t8?,9?,10-/m1/s1. The van der Waals surface area contributed by atoms with E-state index < -0.39 is 18.0 Å². The number of rotatable bonds is 5. The topological polar surface area (TPSA) is 99.1 Å². The van der Waals surface area contributed by atoms with E-state index in [9.17, 15) is 9.59 Å². The molecule has 3 N–H and O–H groups in total. The van der Waals surface area contributed by atoms with Crippen molar-refractivity contribution >= 4 is 12.0 Å². The number of nitrogens with one attached hydrogen (secondary N) is 1. The third-order valence-electron chi connectivity index (χ3n) is 3.21. The molecule has 1 aliphatic heterocycles. The van der Waals surface area contributed by atoms with Crippen LogP contribution in [0.4, 0.5) is 4.79 Å². The number of carbonyl (C=O) groups is 2. The summed E-state index contributed by atoms with van der Waals surface area (Å²) >= 11 is 0. The van der Waals surface area contributed by atoms with Gasteiger partial charge in [0.25, 0.3) is 0 Å². The van der Waals surface area contributed by atoms with Crippen LogP contribution in [0, 0.1) is 0 Å². The number of carbonyl (C=O) groups excluding carboxylic acids is 1. The molecule has 0 aliphatic carbocycles. The highest BCUT2D eigenvalue weighted by Gasteiger charge is 2.31. The minimum Gasteiger partial charge on any atom is -0.480 e. The fraction of sp³-hybridized carbons (Fsp3) is 0.833. The van der Waals surface area contributed by atoms with Crippen LogP contribution in [-0.2, 0) is 9.53 Å². The van der Waals surface area contributed by atoms with Crippen LogP contribution in [0.5, 0.6) is 0 Å². The number of aliphatic hydroxyl groups is 1. The highest BCUT2D eigenvalue weighted by atomic mass is 16.5. The van der Waals surface area contributed by atoms with Gasteiger partial charge in [-0.3, -0.25) is 0 Å². The number of hydrogen-bond acceptors (Lipinski definition) is 4. The number of nitrogens with zero attached hydrogens (tertiary/aromatic N) is 1. The summed E-state index contributed by atoms with van der Waals surface area (Å²) in [4.78, 5) is 24.7. The Morgan fingerprint density at radius 3 is 2.74 bits per heavy atom. The monoisotopic (exact) mass is 274 g/mol. The largest absolute Gasteiger partial charge is 0.480 e. The van der Waals surface area contributed by atoms with Crippen molar-refractivity contribution in [2.24, 2.45) is 0 Å². The van der Waals surface area contributed by atoms with Crippen molar-refractivity contribution in [2.45, 2.75) is 44.9 Å². The summed E-state index contributed by atoms with van der Waals surface area (Å²) in [6.45, 7) is 4.44. The first kappa shape index (κ1) is 15.7. The molecule has 0 saturated carbocycles. The number of amides is 2. The maximum Gasteiger partial charge on any atom is 0.326 e. The lowest BCUT2D eigenvalue weighted by atomic mass is 10.1. The summed E-state index contributed by atoms with van der Waals surface area (Å²) in [6, 6.07) is -1.52. The van der Waals surface area contributed by atoms with E-state index in [-0.39, 0.29) is 25.2 Å². The van der Waals surface area contributed by atoms with Crippen molar-refractivity contribution in [2.75, 3.05) is 19.8 Å². The van der Waals surface area contributed by atoms with E-state index in [1.54, 1.807) is 4.90 Å². The van der Waals surface area contributed by atoms with Crippen LogP contribution >= 0.6 is 0 Å². The van der Waals surface area contributed by atoms with Crippen molar-refractivity contribution in [3.05, 3.63) is 0 Å². The zero-order valence-electron chi connectivity index (χ0n) is 11.3. The number of carboxylic acids is 1. The highest BCUT2D eigenvalue weighted by molar-refractivity contribution is 5.82. The molecule has 1 aliphatic rings. The Labute approximate surface area is 112 Å². The molecule has 0 aromatic rings. The molecule has 7 nitrogen and oxygen atoms in total. The second-order valence-corrected chi connectivity index (χ2v) is 4.71. The van der Waals surface area contributed by atoms with Gasteiger partial charge in [0.05, 0.1) is 18.8 Å². The van der Waals surface area contributed by atoms with Crippen LogP contribution in [0.3, 0.4) is 0 Å². The molecule has 110 valence electrons. The molecule has 1 rings (SSSR count). The normalized spacial score (nSPS) is 24.9. The van der Waals surface area contributed by atoms with Crippen molar-refractivity contribution in [1.82, 2.24) is 10.2 Å². The quantitative estimate of drug-likeness (QED) is 0.657. The zero-order valence-corrected chi connectivity index (χ0v) is 11.3. The molecule has 0 bridgehead atoms. The molecule has 0 radical (unpaired) electrons. The summed E-state index contributed by atoms with van der Waals surface area (Å²) in [7, 11) is 0. The molecule has 1 fully saturated rings. The summed E-state index contributed by atoms with van der Waals surface area (Å²) in [5, 5.41) is 20.2. The number of ether oxygens (including phenoxy) is 1. The number of urea groups is 1. The van der Waals surface area contributed by atoms with Crippen molar-refractivity contribution in [3.8, 4) is 0 Å². The Balaban J connectivity index is 2.65.